The summed E-state index contributed by atoms with van der Waals surface area (Å²) in [5, 5.41) is 3.59. The fourth-order valence-corrected chi connectivity index (χ4v) is 4.20. The van der Waals surface area contributed by atoms with E-state index < -0.39 is 0 Å². The van der Waals surface area contributed by atoms with E-state index in [1.165, 1.54) is 38.5 Å². The van der Waals surface area contributed by atoms with E-state index in [0.717, 1.165) is 64.0 Å². The monoisotopic (exact) mass is 337 g/mol. The van der Waals surface area contributed by atoms with Gasteiger partial charge in [-0.15, -0.1) is 0 Å². The van der Waals surface area contributed by atoms with Gasteiger partial charge in [-0.2, -0.15) is 0 Å². The zero-order valence-corrected chi connectivity index (χ0v) is 15.3. The number of piperidine rings is 1. The molecule has 0 aromatic heterocycles. The topological polar surface area (TPSA) is 46.1 Å². The van der Waals surface area contributed by atoms with Crippen LogP contribution in [0.15, 0.2) is 4.99 Å². The van der Waals surface area contributed by atoms with Gasteiger partial charge in [-0.25, -0.2) is 0 Å². The molecule has 1 saturated carbocycles. The fraction of sp³-hybridized carbons (Fsp3) is 0.947. The standard InChI is InChI=1S/C19H35N3O2/c1-20-19(21-14-16-6-2-3-7-16)22-11-9-17(10-12-22)24-15-18-8-4-5-13-23-18/h16-18H,2-15H2,1H3,(H,20,21). The third-order valence-electron chi connectivity index (χ3n) is 5.77. The lowest BCUT2D eigenvalue weighted by Gasteiger charge is -2.35. The number of rotatable bonds is 5. The second-order valence-electron chi connectivity index (χ2n) is 7.59. The Kier molecular flexibility index (Phi) is 7.21. The Hall–Kier alpha value is -0.810. The van der Waals surface area contributed by atoms with Gasteiger partial charge in [0, 0.05) is 33.3 Å². The quantitative estimate of drug-likeness (QED) is 0.619. The predicted molar refractivity (Wildman–Crippen MR) is 97.5 cm³/mol. The normalized spacial score (nSPS) is 27.6. The first-order valence-corrected chi connectivity index (χ1v) is 10.0. The van der Waals surface area contributed by atoms with Crippen LogP contribution < -0.4 is 5.32 Å². The molecule has 0 amide bonds. The first kappa shape index (κ1) is 18.0. The van der Waals surface area contributed by atoms with E-state index in [1.54, 1.807) is 0 Å². The number of aliphatic imine (C=N–C) groups is 1. The summed E-state index contributed by atoms with van der Waals surface area (Å²) in [5.74, 6) is 1.93. The van der Waals surface area contributed by atoms with E-state index >= 15 is 0 Å². The number of nitrogens with one attached hydrogen (secondary N) is 1. The van der Waals surface area contributed by atoms with Crippen LogP contribution in [0.3, 0.4) is 0 Å². The third kappa shape index (κ3) is 5.35. The van der Waals surface area contributed by atoms with Crippen molar-refractivity contribution >= 4 is 5.96 Å². The van der Waals surface area contributed by atoms with Crippen molar-refractivity contribution in [2.24, 2.45) is 10.9 Å². The average Bonchev–Trinajstić information content (AvgIpc) is 3.16. The molecule has 0 radical (unpaired) electrons. The Balaban J connectivity index is 1.33. The minimum atomic E-state index is 0.331. The zero-order valence-electron chi connectivity index (χ0n) is 15.3. The van der Waals surface area contributed by atoms with Crippen LogP contribution in [0.4, 0.5) is 0 Å². The van der Waals surface area contributed by atoms with E-state index in [9.17, 15) is 0 Å². The second-order valence-corrected chi connectivity index (χ2v) is 7.59. The Bertz CT molecular complexity index is 382. The van der Waals surface area contributed by atoms with Gasteiger partial charge in [-0.1, -0.05) is 12.8 Å². The van der Waals surface area contributed by atoms with Crippen molar-refractivity contribution in [3.63, 3.8) is 0 Å². The largest absolute Gasteiger partial charge is 0.376 e. The van der Waals surface area contributed by atoms with E-state index in [1.807, 2.05) is 7.05 Å². The van der Waals surface area contributed by atoms with Gasteiger partial charge in [0.15, 0.2) is 5.96 Å². The third-order valence-corrected chi connectivity index (χ3v) is 5.77. The van der Waals surface area contributed by atoms with Gasteiger partial charge in [-0.3, -0.25) is 4.99 Å². The van der Waals surface area contributed by atoms with Gasteiger partial charge in [0.05, 0.1) is 18.8 Å². The Morgan fingerprint density at radius 1 is 1.08 bits per heavy atom. The highest BCUT2D eigenvalue weighted by Gasteiger charge is 2.24. The molecule has 2 aliphatic heterocycles. The number of hydrogen-bond donors (Lipinski definition) is 1. The van der Waals surface area contributed by atoms with Gasteiger partial charge in [0.1, 0.15) is 0 Å². The molecule has 1 aliphatic carbocycles. The van der Waals surface area contributed by atoms with E-state index in [2.05, 4.69) is 15.2 Å². The summed E-state index contributed by atoms with van der Waals surface area (Å²) in [6.07, 6.45) is 12.1. The number of guanidine groups is 1. The van der Waals surface area contributed by atoms with Gasteiger partial charge in [-0.05, 0) is 50.9 Å². The summed E-state index contributed by atoms with van der Waals surface area (Å²) in [5.41, 5.74) is 0. The Morgan fingerprint density at radius 2 is 1.83 bits per heavy atom. The van der Waals surface area contributed by atoms with Crippen LogP contribution in [0.1, 0.15) is 57.8 Å². The molecule has 2 heterocycles. The molecule has 0 spiro atoms. The lowest BCUT2D eigenvalue weighted by Crippen LogP contribution is -2.48. The van der Waals surface area contributed by atoms with Crippen molar-refractivity contribution in [1.82, 2.24) is 10.2 Å². The molecular weight excluding hydrogens is 302 g/mol. The van der Waals surface area contributed by atoms with Crippen LogP contribution in [-0.4, -0.2) is 63.0 Å². The van der Waals surface area contributed by atoms with Crippen molar-refractivity contribution in [3.05, 3.63) is 0 Å². The molecule has 3 aliphatic rings. The maximum absolute atomic E-state index is 6.11. The van der Waals surface area contributed by atoms with Crippen molar-refractivity contribution in [2.75, 3.05) is 39.9 Å². The summed E-state index contributed by atoms with van der Waals surface area (Å²) in [6.45, 7) is 4.86. The van der Waals surface area contributed by atoms with Gasteiger partial charge < -0.3 is 19.7 Å². The van der Waals surface area contributed by atoms with E-state index in [-0.39, 0.29) is 0 Å². The summed E-state index contributed by atoms with van der Waals surface area (Å²) in [7, 11) is 1.90. The molecule has 1 unspecified atom stereocenters. The molecule has 5 nitrogen and oxygen atoms in total. The zero-order chi connectivity index (χ0) is 16.6. The molecule has 138 valence electrons. The number of nitrogens with zero attached hydrogens (tertiary/aromatic N) is 2. The molecular formula is C19H35N3O2. The highest BCUT2D eigenvalue weighted by molar-refractivity contribution is 5.79. The predicted octanol–water partition coefficient (Wildman–Crippen LogP) is 2.80. The highest BCUT2D eigenvalue weighted by Crippen LogP contribution is 2.24. The van der Waals surface area contributed by atoms with E-state index in [4.69, 9.17) is 9.47 Å². The van der Waals surface area contributed by atoms with Crippen LogP contribution in [-0.2, 0) is 9.47 Å². The summed E-state index contributed by atoms with van der Waals surface area (Å²) >= 11 is 0. The molecule has 1 N–H and O–H groups in total. The molecule has 0 aromatic carbocycles. The first-order valence-electron chi connectivity index (χ1n) is 10.0. The van der Waals surface area contributed by atoms with Crippen LogP contribution in [0.25, 0.3) is 0 Å². The summed E-state index contributed by atoms with van der Waals surface area (Å²) in [6, 6.07) is 0. The van der Waals surface area contributed by atoms with Crippen LogP contribution >= 0.6 is 0 Å². The number of ether oxygens (including phenoxy) is 2. The lowest BCUT2D eigenvalue weighted by atomic mass is 10.1. The summed E-state index contributed by atoms with van der Waals surface area (Å²) < 4.78 is 11.9. The maximum Gasteiger partial charge on any atom is 0.193 e. The van der Waals surface area contributed by atoms with Crippen molar-refractivity contribution in [2.45, 2.75) is 70.0 Å². The fourth-order valence-electron chi connectivity index (χ4n) is 4.20. The first-order chi connectivity index (χ1) is 11.8. The van der Waals surface area contributed by atoms with Gasteiger partial charge in [0.25, 0.3) is 0 Å². The molecule has 5 heteroatoms. The molecule has 2 saturated heterocycles. The van der Waals surface area contributed by atoms with Crippen molar-refractivity contribution in [3.8, 4) is 0 Å². The molecule has 0 aromatic rings. The van der Waals surface area contributed by atoms with Gasteiger partial charge in [0.2, 0.25) is 0 Å². The van der Waals surface area contributed by atoms with Crippen LogP contribution in [0.2, 0.25) is 0 Å². The van der Waals surface area contributed by atoms with Crippen LogP contribution in [0.5, 0.6) is 0 Å². The Morgan fingerprint density at radius 3 is 2.50 bits per heavy atom. The number of likely N-dealkylation sites (tertiary alicyclic amines) is 1. The smallest absolute Gasteiger partial charge is 0.193 e. The van der Waals surface area contributed by atoms with E-state index in [0.29, 0.717) is 12.2 Å². The highest BCUT2D eigenvalue weighted by atomic mass is 16.5. The molecule has 0 bridgehead atoms. The molecule has 24 heavy (non-hydrogen) atoms. The minimum absolute atomic E-state index is 0.331. The molecule has 1 atom stereocenters. The maximum atomic E-state index is 6.11. The van der Waals surface area contributed by atoms with Gasteiger partial charge >= 0.3 is 0 Å². The summed E-state index contributed by atoms with van der Waals surface area (Å²) in [4.78, 5) is 6.88. The molecule has 3 rings (SSSR count). The van der Waals surface area contributed by atoms with Crippen LogP contribution in [0, 0.1) is 5.92 Å². The number of hydrogen-bond acceptors (Lipinski definition) is 3. The average molecular weight is 338 g/mol. The minimum Gasteiger partial charge on any atom is -0.376 e. The van der Waals surface area contributed by atoms with Crippen molar-refractivity contribution in [1.29, 1.82) is 0 Å². The van der Waals surface area contributed by atoms with Crippen molar-refractivity contribution < 1.29 is 9.47 Å². The Labute approximate surface area is 147 Å². The SMILES string of the molecule is CN=C(NCC1CCCC1)N1CCC(OCC2CCCCO2)CC1. The lowest BCUT2D eigenvalue weighted by molar-refractivity contribution is -0.0721. The molecule has 3 fully saturated rings. The second kappa shape index (κ2) is 9.62.